The Morgan fingerprint density at radius 2 is 1.42 bits per heavy atom. The maximum absolute atomic E-state index is 8.74. The predicted molar refractivity (Wildman–Crippen MR) is 81.6 cm³/mol. The summed E-state index contributed by atoms with van der Waals surface area (Å²) in [7, 11) is 0. The van der Waals surface area contributed by atoms with Crippen molar-refractivity contribution in [2.24, 2.45) is 0 Å². The molecule has 0 atom stereocenters. The fraction of sp³-hybridized carbons (Fsp3) is 0.294. The van der Waals surface area contributed by atoms with Crippen LogP contribution >= 0.6 is 11.8 Å². The van der Waals surface area contributed by atoms with Crippen molar-refractivity contribution < 1.29 is 5.11 Å². The van der Waals surface area contributed by atoms with E-state index in [1.807, 2.05) is 6.07 Å². The third kappa shape index (κ3) is 5.09. The first kappa shape index (κ1) is 14.2. The first-order valence-corrected chi connectivity index (χ1v) is 7.63. The van der Waals surface area contributed by atoms with Crippen LogP contribution in [0, 0.1) is 0 Å². The van der Waals surface area contributed by atoms with E-state index < -0.39 is 0 Å². The van der Waals surface area contributed by atoms with Gasteiger partial charge in [-0.15, -0.1) is 0 Å². The average Bonchev–Trinajstić information content (AvgIpc) is 2.46. The van der Waals surface area contributed by atoms with Gasteiger partial charge in [0.25, 0.3) is 0 Å². The van der Waals surface area contributed by atoms with E-state index in [1.54, 1.807) is 11.8 Å². The lowest BCUT2D eigenvalue weighted by Gasteiger charge is -2.04. The number of benzene rings is 2. The van der Waals surface area contributed by atoms with Crippen molar-refractivity contribution in [1.29, 1.82) is 0 Å². The molecule has 0 spiro atoms. The zero-order valence-corrected chi connectivity index (χ0v) is 11.9. The van der Waals surface area contributed by atoms with Crippen molar-refractivity contribution in [2.75, 3.05) is 6.61 Å². The van der Waals surface area contributed by atoms with Crippen LogP contribution < -0.4 is 0 Å². The second-order valence-corrected chi connectivity index (χ2v) is 5.74. The molecule has 0 saturated heterocycles. The SMILES string of the molecule is OCCCCCc1ccc(Sc2ccccc2)cc1. The molecular formula is C17H20OS. The van der Waals surface area contributed by atoms with Crippen molar-refractivity contribution in [3.05, 3.63) is 60.2 Å². The van der Waals surface area contributed by atoms with Gasteiger partial charge in [-0.25, -0.2) is 0 Å². The lowest BCUT2D eigenvalue weighted by atomic mass is 10.1. The summed E-state index contributed by atoms with van der Waals surface area (Å²) in [6, 6.07) is 19.3. The Labute approximate surface area is 119 Å². The van der Waals surface area contributed by atoms with E-state index in [4.69, 9.17) is 5.11 Å². The predicted octanol–water partition coefficient (Wildman–Crippen LogP) is 4.54. The van der Waals surface area contributed by atoms with Gasteiger partial charge in [0.2, 0.25) is 0 Å². The van der Waals surface area contributed by atoms with Crippen LogP contribution in [-0.4, -0.2) is 11.7 Å². The number of hydrogen-bond acceptors (Lipinski definition) is 2. The van der Waals surface area contributed by atoms with Crippen LogP contribution in [0.25, 0.3) is 0 Å². The first-order chi connectivity index (χ1) is 9.38. The highest BCUT2D eigenvalue weighted by Crippen LogP contribution is 2.27. The molecule has 0 fully saturated rings. The third-order valence-electron chi connectivity index (χ3n) is 3.03. The molecule has 1 nitrogen and oxygen atoms in total. The van der Waals surface area contributed by atoms with E-state index in [9.17, 15) is 0 Å². The summed E-state index contributed by atoms with van der Waals surface area (Å²) < 4.78 is 0. The smallest absolute Gasteiger partial charge is 0.0431 e. The summed E-state index contributed by atoms with van der Waals surface area (Å²) in [5, 5.41) is 8.74. The highest BCUT2D eigenvalue weighted by atomic mass is 32.2. The standard InChI is InChI=1S/C17H20OS/c18-14-6-2-3-7-15-10-12-17(13-11-15)19-16-8-4-1-5-9-16/h1,4-5,8-13,18H,2-3,6-7,14H2. The molecule has 0 aliphatic carbocycles. The number of aliphatic hydroxyl groups is 1. The van der Waals surface area contributed by atoms with E-state index in [1.165, 1.54) is 15.4 Å². The minimum Gasteiger partial charge on any atom is -0.396 e. The summed E-state index contributed by atoms with van der Waals surface area (Å²) >= 11 is 1.80. The molecule has 0 aliphatic heterocycles. The Balaban J connectivity index is 1.84. The van der Waals surface area contributed by atoms with E-state index in [0.717, 1.165) is 25.7 Å². The molecule has 0 bridgehead atoms. The minimum atomic E-state index is 0.312. The van der Waals surface area contributed by atoms with Crippen molar-refractivity contribution in [2.45, 2.75) is 35.5 Å². The Kier molecular flexibility index (Phi) is 5.99. The number of aryl methyl sites for hydroxylation is 1. The molecule has 2 aromatic rings. The molecule has 0 heterocycles. The number of hydrogen-bond donors (Lipinski definition) is 1. The van der Waals surface area contributed by atoms with Crippen LogP contribution in [0.1, 0.15) is 24.8 Å². The second-order valence-electron chi connectivity index (χ2n) is 4.59. The summed E-state index contributed by atoms with van der Waals surface area (Å²) in [6.45, 7) is 0.312. The molecular weight excluding hydrogens is 252 g/mol. The summed E-state index contributed by atoms with van der Waals surface area (Å²) in [5.74, 6) is 0. The van der Waals surface area contributed by atoms with Gasteiger partial charge in [-0.1, -0.05) is 48.5 Å². The number of unbranched alkanes of at least 4 members (excludes halogenated alkanes) is 2. The van der Waals surface area contributed by atoms with Gasteiger partial charge < -0.3 is 5.11 Å². The van der Waals surface area contributed by atoms with Crippen LogP contribution in [0.4, 0.5) is 0 Å². The highest BCUT2D eigenvalue weighted by molar-refractivity contribution is 7.99. The number of rotatable bonds is 7. The molecule has 0 amide bonds. The molecule has 0 radical (unpaired) electrons. The molecule has 19 heavy (non-hydrogen) atoms. The lowest BCUT2D eigenvalue weighted by molar-refractivity contribution is 0.283. The molecule has 0 aliphatic rings. The molecule has 2 heteroatoms. The fourth-order valence-electron chi connectivity index (χ4n) is 1.97. The van der Waals surface area contributed by atoms with Crippen LogP contribution in [0.5, 0.6) is 0 Å². The zero-order chi connectivity index (χ0) is 13.3. The van der Waals surface area contributed by atoms with Crippen molar-refractivity contribution in [1.82, 2.24) is 0 Å². The van der Waals surface area contributed by atoms with E-state index in [0.29, 0.717) is 6.61 Å². The quantitative estimate of drug-likeness (QED) is 0.747. The minimum absolute atomic E-state index is 0.312. The Morgan fingerprint density at radius 1 is 0.737 bits per heavy atom. The average molecular weight is 272 g/mol. The van der Waals surface area contributed by atoms with Gasteiger partial charge in [0.05, 0.1) is 0 Å². The van der Waals surface area contributed by atoms with Gasteiger partial charge in [-0.2, -0.15) is 0 Å². The van der Waals surface area contributed by atoms with Crippen molar-refractivity contribution in [3.63, 3.8) is 0 Å². The van der Waals surface area contributed by atoms with Crippen molar-refractivity contribution in [3.8, 4) is 0 Å². The fourth-order valence-corrected chi connectivity index (χ4v) is 2.80. The maximum atomic E-state index is 8.74. The summed E-state index contributed by atoms with van der Waals surface area (Å²) in [4.78, 5) is 2.56. The zero-order valence-electron chi connectivity index (χ0n) is 11.1. The van der Waals surface area contributed by atoms with Crippen molar-refractivity contribution >= 4 is 11.8 Å². The maximum Gasteiger partial charge on any atom is 0.0431 e. The first-order valence-electron chi connectivity index (χ1n) is 6.81. The van der Waals surface area contributed by atoms with Crippen LogP contribution in [0.3, 0.4) is 0 Å². The molecule has 0 saturated carbocycles. The topological polar surface area (TPSA) is 20.2 Å². The largest absolute Gasteiger partial charge is 0.396 e. The van der Waals surface area contributed by atoms with Gasteiger partial charge in [0.1, 0.15) is 0 Å². The molecule has 100 valence electrons. The van der Waals surface area contributed by atoms with Gasteiger partial charge in [-0.05, 0) is 49.1 Å². The van der Waals surface area contributed by atoms with Gasteiger partial charge in [0.15, 0.2) is 0 Å². The highest BCUT2D eigenvalue weighted by Gasteiger charge is 1.98. The molecule has 0 unspecified atom stereocenters. The normalized spacial score (nSPS) is 10.6. The third-order valence-corrected chi connectivity index (χ3v) is 4.04. The van der Waals surface area contributed by atoms with Crippen LogP contribution in [0.15, 0.2) is 64.4 Å². The Hall–Kier alpha value is -1.25. The summed E-state index contributed by atoms with van der Waals surface area (Å²) in [6.07, 6.45) is 4.29. The van der Waals surface area contributed by atoms with Gasteiger partial charge in [0, 0.05) is 16.4 Å². The van der Waals surface area contributed by atoms with E-state index in [-0.39, 0.29) is 0 Å². The molecule has 2 rings (SSSR count). The summed E-state index contributed by atoms with van der Waals surface area (Å²) in [5.41, 5.74) is 1.38. The molecule has 1 N–H and O–H groups in total. The molecule has 2 aromatic carbocycles. The van der Waals surface area contributed by atoms with E-state index in [2.05, 4.69) is 48.5 Å². The van der Waals surface area contributed by atoms with Gasteiger partial charge in [-0.3, -0.25) is 0 Å². The van der Waals surface area contributed by atoms with Crippen LogP contribution in [-0.2, 0) is 6.42 Å². The number of aliphatic hydroxyl groups excluding tert-OH is 1. The Morgan fingerprint density at radius 3 is 2.11 bits per heavy atom. The monoisotopic (exact) mass is 272 g/mol. The van der Waals surface area contributed by atoms with E-state index >= 15 is 0 Å². The molecule has 0 aromatic heterocycles. The van der Waals surface area contributed by atoms with Crippen LogP contribution in [0.2, 0.25) is 0 Å². The lowest BCUT2D eigenvalue weighted by Crippen LogP contribution is -1.88. The second kappa shape index (κ2) is 8.03. The Bertz CT molecular complexity index is 464. The van der Waals surface area contributed by atoms with Gasteiger partial charge >= 0.3 is 0 Å².